The summed E-state index contributed by atoms with van der Waals surface area (Å²) < 4.78 is 71.6. The van der Waals surface area contributed by atoms with Crippen LogP contribution in [0.1, 0.15) is 11.1 Å². The Hall–Kier alpha value is -6.30. The SMILES string of the molecule is O=S(=O)(O)c1cc(Nc2nc(Nc3ccccc3)nc(Nc3ccccc3)n2)ccc1C=Cc1ccc(Nc2nc(Nc3ccccc3)nc(Nc3ccccc3)n2)cc1S(=O)(=O)O.[Na].[Na]. The molecule has 0 amide bonds. The van der Waals surface area contributed by atoms with Crippen LogP contribution in [0.2, 0.25) is 0 Å². The molecule has 0 saturated carbocycles. The first-order valence-corrected chi connectivity index (χ1v) is 22.0. The van der Waals surface area contributed by atoms with E-state index in [4.69, 9.17) is 0 Å². The normalized spacial score (nSPS) is 11.1. The Morgan fingerprint density at radius 1 is 0.333 bits per heavy atom. The Labute approximate surface area is 424 Å². The van der Waals surface area contributed by atoms with Crippen LogP contribution in [0.25, 0.3) is 12.2 Å². The summed E-state index contributed by atoms with van der Waals surface area (Å²) >= 11 is 0. The van der Waals surface area contributed by atoms with E-state index in [9.17, 15) is 25.9 Å². The summed E-state index contributed by atoms with van der Waals surface area (Å²) in [5.41, 5.74) is 3.18. The van der Waals surface area contributed by atoms with Crippen molar-refractivity contribution in [3.05, 3.63) is 169 Å². The van der Waals surface area contributed by atoms with Crippen molar-refractivity contribution in [2.75, 3.05) is 31.9 Å². The van der Waals surface area contributed by atoms with Crippen LogP contribution in [0.15, 0.2) is 168 Å². The molecule has 0 aliphatic carbocycles. The van der Waals surface area contributed by atoms with Crippen molar-refractivity contribution in [2.45, 2.75) is 9.79 Å². The predicted octanol–water partition coefficient (Wildman–Crippen LogP) is 8.42. The van der Waals surface area contributed by atoms with Gasteiger partial charge in [0.05, 0.1) is 0 Å². The molecule has 2 heterocycles. The van der Waals surface area contributed by atoms with Crippen molar-refractivity contribution in [1.29, 1.82) is 0 Å². The molecular weight excluding hydrogens is 903 g/mol. The average Bonchev–Trinajstić information content (AvgIpc) is 3.27. The molecule has 66 heavy (non-hydrogen) atoms. The van der Waals surface area contributed by atoms with E-state index in [1.807, 2.05) is 121 Å². The minimum atomic E-state index is -4.85. The van der Waals surface area contributed by atoms with Gasteiger partial charge in [-0.3, -0.25) is 9.11 Å². The van der Waals surface area contributed by atoms with E-state index in [0.717, 1.165) is 0 Å². The van der Waals surface area contributed by atoms with Gasteiger partial charge in [-0.25, -0.2) is 0 Å². The summed E-state index contributed by atoms with van der Waals surface area (Å²) in [5, 5.41) is 18.4. The number of para-hydroxylation sites is 4. The van der Waals surface area contributed by atoms with Crippen LogP contribution in [-0.2, 0) is 20.2 Å². The van der Waals surface area contributed by atoms with E-state index in [0.29, 0.717) is 22.7 Å². The zero-order valence-electron chi connectivity index (χ0n) is 35.2. The maximum Gasteiger partial charge on any atom is 0.295 e. The van der Waals surface area contributed by atoms with Crippen LogP contribution in [-0.4, -0.2) is 115 Å². The van der Waals surface area contributed by atoms with Gasteiger partial charge in [0.25, 0.3) is 20.2 Å². The summed E-state index contributed by atoms with van der Waals surface area (Å²) in [6, 6.07) is 45.0. The molecular formula is C44H36N12Na2O6S2. The summed E-state index contributed by atoms with van der Waals surface area (Å²) in [6.07, 6.45) is 2.57. The largest absolute Gasteiger partial charge is 0.324 e. The Kier molecular flexibility index (Phi) is 16.6. The molecule has 0 unspecified atom stereocenters. The third-order valence-corrected chi connectivity index (χ3v) is 10.7. The van der Waals surface area contributed by atoms with Gasteiger partial charge in [0.15, 0.2) is 0 Å². The molecule has 22 heteroatoms. The second kappa shape index (κ2) is 22.3. The second-order valence-corrected chi connectivity index (χ2v) is 16.4. The maximum atomic E-state index is 12.7. The summed E-state index contributed by atoms with van der Waals surface area (Å²) in [6.45, 7) is 0. The van der Waals surface area contributed by atoms with Crippen molar-refractivity contribution in [1.82, 2.24) is 29.9 Å². The average molecular weight is 939 g/mol. The van der Waals surface area contributed by atoms with E-state index in [2.05, 4.69) is 61.8 Å². The molecule has 322 valence electrons. The van der Waals surface area contributed by atoms with Crippen LogP contribution >= 0.6 is 0 Å². The Morgan fingerprint density at radius 3 is 0.788 bits per heavy atom. The first kappa shape index (κ1) is 49.1. The Morgan fingerprint density at radius 2 is 0.561 bits per heavy atom. The molecule has 0 bridgehead atoms. The molecule has 2 radical (unpaired) electrons. The zero-order valence-corrected chi connectivity index (χ0v) is 40.8. The fraction of sp³-hybridized carbons (Fsp3) is 0. The van der Waals surface area contributed by atoms with Crippen molar-refractivity contribution in [3.63, 3.8) is 0 Å². The number of benzene rings is 6. The van der Waals surface area contributed by atoms with Crippen LogP contribution in [0.3, 0.4) is 0 Å². The molecule has 18 nitrogen and oxygen atoms in total. The van der Waals surface area contributed by atoms with Gasteiger partial charge in [-0.15, -0.1) is 0 Å². The van der Waals surface area contributed by atoms with E-state index in [-0.39, 0.29) is 117 Å². The molecule has 8 aromatic rings. The fourth-order valence-corrected chi connectivity index (χ4v) is 7.49. The summed E-state index contributed by atoms with van der Waals surface area (Å²) in [5.74, 6) is 0.775. The van der Waals surface area contributed by atoms with Crippen LogP contribution in [0.4, 0.5) is 69.8 Å². The van der Waals surface area contributed by atoms with E-state index < -0.39 is 30.0 Å². The van der Waals surface area contributed by atoms with Crippen LogP contribution in [0.5, 0.6) is 0 Å². The number of hydrogen-bond donors (Lipinski definition) is 8. The fourth-order valence-electron chi connectivity index (χ4n) is 6.07. The standard InChI is InChI=1S/C44H36N12O6S2.2Na/c57-63(58,59)37-27-35(49-43-53-39(45-31-13-5-1-6-14-31)51-40(54-43)46-32-15-7-2-8-16-32)25-23-29(37)21-22-30-24-26-36(28-38(30)64(60,61)62)50-44-55-41(47-33-17-9-3-10-18-33)52-42(56-44)48-34-19-11-4-12-20-34;;/h1-28H,(H,57,58,59)(H,60,61,62)(H3,45,46,49,51,53,54)(H3,47,48,50,52,55,56);;. The van der Waals surface area contributed by atoms with Crippen molar-refractivity contribution in [2.24, 2.45) is 0 Å². The third-order valence-electron chi connectivity index (χ3n) is 8.93. The first-order chi connectivity index (χ1) is 30.9. The maximum absolute atomic E-state index is 12.7. The second-order valence-electron chi connectivity index (χ2n) is 13.6. The van der Waals surface area contributed by atoms with Crippen molar-refractivity contribution < 1.29 is 25.9 Å². The van der Waals surface area contributed by atoms with Gasteiger partial charge >= 0.3 is 0 Å². The van der Waals surface area contributed by atoms with Gasteiger partial charge < -0.3 is 31.9 Å². The summed E-state index contributed by atoms with van der Waals surface area (Å²) in [4.78, 5) is 25.7. The molecule has 8 N–H and O–H groups in total. The molecule has 2 aromatic heterocycles. The number of nitrogens with one attached hydrogen (secondary N) is 6. The molecule has 0 aliphatic rings. The monoisotopic (exact) mass is 938 g/mol. The molecule has 0 atom stereocenters. The van der Waals surface area contributed by atoms with E-state index >= 15 is 0 Å². The molecule has 6 aromatic carbocycles. The minimum Gasteiger partial charge on any atom is -0.324 e. The zero-order chi connectivity index (χ0) is 44.5. The van der Waals surface area contributed by atoms with Crippen molar-refractivity contribution >= 4 is 161 Å². The van der Waals surface area contributed by atoms with Gasteiger partial charge in [0.1, 0.15) is 9.79 Å². The van der Waals surface area contributed by atoms with Crippen LogP contribution in [0, 0.1) is 0 Å². The topological polar surface area (TPSA) is 258 Å². The molecule has 0 saturated heterocycles. The Bertz CT molecular complexity index is 2850. The molecule has 8 rings (SSSR count). The van der Waals surface area contributed by atoms with E-state index in [1.54, 1.807) is 0 Å². The van der Waals surface area contributed by atoms with E-state index in [1.165, 1.54) is 48.6 Å². The first-order valence-electron chi connectivity index (χ1n) is 19.2. The van der Waals surface area contributed by atoms with Gasteiger partial charge in [-0.1, -0.05) is 97.1 Å². The predicted molar refractivity (Wildman–Crippen MR) is 258 cm³/mol. The van der Waals surface area contributed by atoms with Gasteiger partial charge in [0.2, 0.25) is 35.7 Å². The molecule has 0 spiro atoms. The van der Waals surface area contributed by atoms with Gasteiger partial charge in [-0.05, 0) is 83.9 Å². The minimum absolute atomic E-state index is 0. The molecule has 0 fully saturated rings. The Balaban J connectivity index is 0.00000360. The van der Waals surface area contributed by atoms with Gasteiger partial charge in [-0.2, -0.15) is 46.7 Å². The number of aromatic nitrogens is 6. The molecule has 0 aliphatic heterocycles. The smallest absolute Gasteiger partial charge is 0.295 e. The number of nitrogens with zero attached hydrogens (tertiary/aromatic N) is 6. The number of rotatable bonds is 16. The van der Waals surface area contributed by atoms with Gasteiger partial charge in [0, 0.05) is 93.2 Å². The summed E-state index contributed by atoms with van der Waals surface area (Å²) in [7, 11) is -9.71. The van der Waals surface area contributed by atoms with Crippen LogP contribution < -0.4 is 31.9 Å². The number of hydrogen-bond acceptors (Lipinski definition) is 16. The quantitative estimate of drug-likeness (QED) is 0.0257. The van der Waals surface area contributed by atoms with Crippen molar-refractivity contribution in [3.8, 4) is 0 Å². The third kappa shape index (κ3) is 13.6. The number of anilines is 12.